The zero-order chi connectivity index (χ0) is 31.8. The summed E-state index contributed by atoms with van der Waals surface area (Å²) in [7, 11) is 0. The number of rotatable bonds is 9. The van der Waals surface area contributed by atoms with Crippen molar-refractivity contribution in [3.05, 3.63) is 120 Å². The second kappa shape index (κ2) is 11.8. The van der Waals surface area contributed by atoms with E-state index in [-0.39, 0.29) is 36.4 Å². The number of aromatic nitrogens is 2. The van der Waals surface area contributed by atoms with E-state index in [0.717, 1.165) is 27.0 Å². The van der Waals surface area contributed by atoms with Crippen LogP contribution < -0.4 is 16.0 Å². The van der Waals surface area contributed by atoms with Crippen LogP contribution in [0.25, 0.3) is 11.0 Å². The molecule has 5 aromatic rings. The Balaban J connectivity index is 1.03. The van der Waals surface area contributed by atoms with Gasteiger partial charge in [0.05, 0.1) is 11.1 Å². The summed E-state index contributed by atoms with van der Waals surface area (Å²) in [6, 6.07) is 18.4. The van der Waals surface area contributed by atoms with Gasteiger partial charge in [0.2, 0.25) is 17.7 Å². The molecule has 0 radical (unpaired) electrons. The topological polar surface area (TPSA) is 156 Å². The Hall–Kier alpha value is -6.04. The van der Waals surface area contributed by atoms with Gasteiger partial charge >= 0.3 is 0 Å². The number of imide groups is 2. The van der Waals surface area contributed by atoms with Crippen LogP contribution in [0.4, 0.5) is 5.69 Å². The molecule has 7 rings (SSSR count). The van der Waals surface area contributed by atoms with Gasteiger partial charge in [0.15, 0.2) is 0 Å². The maximum Gasteiger partial charge on any atom is 0.264 e. The van der Waals surface area contributed by atoms with E-state index in [9.17, 15) is 24.0 Å². The average molecular weight is 617 g/mol. The number of benzene rings is 2. The van der Waals surface area contributed by atoms with Gasteiger partial charge in [-0.15, -0.1) is 0 Å². The maximum atomic E-state index is 13.4. The van der Waals surface area contributed by atoms with Crippen LogP contribution in [0.3, 0.4) is 0 Å². The van der Waals surface area contributed by atoms with Crippen molar-refractivity contribution in [1.29, 1.82) is 0 Å². The lowest BCUT2D eigenvalue weighted by Crippen LogP contribution is -2.54. The van der Waals surface area contributed by atoms with Gasteiger partial charge in [0.1, 0.15) is 30.0 Å². The number of carbonyl (C=O) groups is 5. The highest BCUT2D eigenvalue weighted by Crippen LogP contribution is 2.33. The van der Waals surface area contributed by atoms with Gasteiger partial charge in [-0.2, -0.15) is 0 Å². The highest BCUT2D eigenvalue weighted by atomic mass is 16.3. The molecule has 1 saturated heterocycles. The molecule has 2 aliphatic heterocycles. The third kappa shape index (κ3) is 5.40. The number of hydrogen-bond acceptors (Lipinski definition) is 8. The molecule has 5 amide bonds. The van der Waals surface area contributed by atoms with Crippen LogP contribution in [0.15, 0.2) is 95.9 Å². The molecule has 0 saturated carbocycles. The molecule has 230 valence electrons. The molecule has 12 nitrogen and oxygen atoms in total. The first-order chi connectivity index (χ1) is 22.4. The second-order valence-corrected chi connectivity index (χ2v) is 11.2. The predicted octanol–water partition coefficient (Wildman–Crippen LogP) is 3.55. The minimum absolute atomic E-state index is 0.0473. The number of piperidine rings is 1. The van der Waals surface area contributed by atoms with Crippen molar-refractivity contribution in [3.8, 4) is 0 Å². The molecule has 46 heavy (non-hydrogen) atoms. The monoisotopic (exact) mass is 616 g/mol. The van der Waals surface area contributed by atoms with Crippen molar-refractivity contribution in [2.45, 2.75) is 38.0 Å². The third-order valence-electron chi connectivity index (χ3n) is 8.14. The Morgan fingerprint density at radius 1 is 1.02 bits per heavy atom. The van der Waals surface area contributed by atoms with Crippen LogP contribution in [-0.4, -0.2) is 50.0 Å². The largest absolute Gasteiger partial charge is 0.459 e. The molecule has 3 N–H and O–H groups in total. The van der Waals surface area contributed by atoms with Gasteiger partial charge in [-0.25, -0.2) is 0 Å². The quantitative estimate of drug-likeness (QED) is 0.212. The van der Waals surface area contributed by atoms with Crippen LogP contribution in [-0.2, 0) is 27.5 Å². The molecule has 0 spiro atoms. The number of nitrogens with zero attached hydrogens (tertiary/aromatic N) is 3. The molecule has 0 aliphatic carbocycles. The van der Waals surface area contributed by atoms with E-state index in [1.54, 1.807) is 47.4 Å². The van der Waals surface area contributed by atoms with Gasteiger partial charge in [0, 0.05) is 54.4 Å². The highest BCUT2D eigenvalue weighted by Gasteiger charge is 2.45. The SMILES string of the molecule is O=C1CCC(N2C(=O)c3cccc(NCc4ccn(CC(=O)NC(c5cccnc5)c5cc6ccccc6o5)c4)c3C2=O)C(=O)N1. The number of pyridine rings is 1. The number of fused-ring (bicyclic) bond motifs is 2. The predicted molar refractivity (Wildman–Crippen MR) is 165 cm³/mol. The fraction of sp³-hybridized carbons (Fsp3) is 0.176. The molecule has 2 unspecified atom stereocenters. The lowest BCUT2D eigenvalue weighted by Gasteiger charge is -2.27. The molecule has 2 atom stereocenters. The number of para-hydroxylation sites is 1. The Labute approximate surface area is 262 Å². The second-order valence-electron chi connectivity index (χ2n) is 11.2. The molecular formula is C34H28N6O6. The van der Waals surface area contributed by atoms with Crippen molar-refractivity contribution < 1.29 is 28.4 Å². The van der Waals surface area contributed by atoms with Crippen LogP contribution in [0, 0.1) is 0 Å². The van der Waals surface area contributed by atoms with E-state index >= 15 is 0 Å². The zero-order valence-electron chi connectivity index (χ0n) is 24.4. The molecule has 1 fully saturated rings. The highest BCUT2D eigenvalue weighted by molar-refractivity contribution is 6.25. The van der Waals surface area contributed by atoms with E-state index < -0.39 is 35.7 Å². The summed E-state index contributed by atoms with van der Waals surface area (Å²) < 4.78 is 7.82. The number of amides is 5. The van der Waals surface area contributed by atoms with E-state index in [1.807, 2.05) is 48.7 Å². The lowest BCUT2D eigenvalue weighted by atomic mass is 10.0. The summed E-state index contributed by atoms with van der Waals surface area (Å²) in [5.74, 6) is -1.87. The van der Waals surface area contributed by atoms with Crippen molar-refractivity contribution in [2.75, 3.05) is 5.32 Å². The number of furan rings is 1. The Bertz CT molecular complexity index is 1980. The maximum absolute atomic E-state index is 13.4. The smallest absolute Gasteiger partial charge is 0.264 e. The van der Waals surface area contributed by atoms with Gasteiger partial charge in [-0.1, -0.05) is 30.3 Å². The van der Waals surface area contributed by atoms with Crippen LogP contribution in [0.2, 0.25) is 0 Å². The summed E-state index contributed by atoms with van der Waals surface area (Å²) in [5, 5.41) is 9.43. The molecule has 2 aromatic carbocycles. The third-order valence-corrected chi connectivity index (χ3v) is 8.14. The van der Waals surface area contributed by atoms with Crippen LogP contribution >= 0.6 is 0 Å². The summed E-state index contributed by atoms with van der Waals surface area (Å²) in [6.07, 6.45) is 7.10. The van der Waals surface area contributed by atoms with Crippen molar-refractivity contribution in [2.24, 2.45) is 0 Å². The molecule has 0 bridgehead atoms. The first kappa shape index (κ1) is 28.7. The van der Waals surface area contributed by atoms with E-state index in [2.05, 4.69) is 20.9 Å². The van der Waals surface area contributed by atoms with Gasteiger partial charge < -0.3 is 19.6 Å². The molecular weight excluding hydrogens is 588 g/mol. The van der Waals surface area contributed by atoms with E-state index in [1.165, 1.54) is 0 Å². The van der Waals surface area contributed by atoms with Gasteiger partial charge in [0.25, 0.3) is 11.8 Å². The fourth-order valence-electron chi connectivity index (χ4n) is 5.94. The van der Waals surface area contributed by atoms with Gasteiger partial charge in [-0.05, 0) is 48.4 Å². The number of carbonyl (C=O) groups excluding carboxylic acids is 5. The first-order valence-corrected chi connectivity index (χ1v) is 14.8. The zero-order valence-corrected chi connectivity index (χ0v) is 24.4. The normalized spacial score (nSPS) is 16.8. The Morgan fingerprint density at radius 2 is 1.89 bits per heavy atom. The summed E-state index contributed by atoms with van der Waals surface area (Å²) >= 11 is 0. The van der Waals surface area contributed by atoms with Crippen LogP contribution in [0.1, 0.15) is 56.5 Å². The summed E-state index contributed by atoms with van der Waals surface area (Å²) in [5.41, 5.74) is 3.17. The van der Waals surface area contributed by atoms with Crippen molar-refractivity contribution in [1.82, 2.24) is 25.1 Å². The Kier molecular flexibility index (Phi) is 7.37. The lowest BCUT2D eigenvalue weighted by molar-refractivity contribution is -0.136. The van der Waals surface area contributed by atoms with Crippen LogP contribution in [0.5, 0.6) is 0 Å². The fourth-order valence-corrected chi connectivity index (χ4v) is 5.94. The minimum Gasteiger partial charge on any atom is -0.459 e. The van der Waals surface area contributed by atoms with E-state index in [4.69, 9.17) is 4.42 Å². The Morgan fingerprint density at radius 3 is 2.70 bits per heavy atom. The number of nitrogens with one attached hydrogen (secondary N) is 3. The van der Waals surface area contributed by atoms with Crippen molar-refractivity contribution >= 4 is 46.2 Å². The number of anilines is 1. The molecule has 3 aromatic heterocycles. The van der Waals surface area contributed by atoms with Gasteiger partial charge in [-0.3, -0.25) is 39.2 Å². The minimum atomic E-state index is -1.04. The first-order valence-electron chi connectivity index (χ1n) is 14.8. The summed E-state index contributed by atoms with van der Waals surface area (Å²) in [6.45, 7) is 0.355. The average Bonchev–Trinajstić information content (AvgIpc) is 3.76. The van der Waals surface area contributed by atoms with E-state index in [0.29, 0.717) is 18.0 Å². The summed E-state index contributed by atoms with van der Waals surface area (Å²) in [4.78, 5) is 68.9. The number of hydrogen-bond donors (Lipinski definition) is 3. The molecule has 5 heterocycles. The van der Waals surface area contributed by atoms with Crippen molar-refractivity contribution in [3.63, 3.8) is 0 Å². The molecule has 12 heteroatoms. The standard InChI is InChI=1S/C34H28N6O6/c41-28-11-10-25(32(43)38-28)40-33(44)23-7-3-8-24(30(23)34(40)45)36-16-20-12-14-39(18-20)19-29(42)37-31(22-6-4-13-35-17-22)27-15-21-5-1-2-9-26(21)46-27/h1-9,12-15,17-18,25,31,36H,10-11,16,19H2,(H,37,42)(H,38,41,43). The molecule has 2 aliphatic rings.